The van der Waals surface area contributed by atoms with E-state index in [-0.39, 0.29) is 23.0 Å². The van der Waals surface area contributed by atoms with E-state index in [0.29, 0.717) is 17.5 Å². The molecule has 0 bridgehead atoms. The van der Waals surface area contributed by atoms with E-state index in [0.717, 1.165) is 48.4 Å². The highest BCUT2D eigenvalue weighted by molar-refractivity contribution is 7.16. The Labute approximate surface area is 193 Å². The SMILES string of the molecule is CNc1sc2c(c1C(=O)Nc1cc(O)cc(O)c1)CCCC2.O=Cc1cc(O)c(O)c(O)c1. The predicted octanol–water partition coefficient (Wildman–Crippen LogP) is 3.95. The first-order valence-electron chi connectivity index (χ1n) is 10.1. The molecule has 0 saturated carbocycles. The second-order valence-corrected chi connectivity index (χ2v) is 8.49. The zero-order valence-corrected chi connectivity index (χ0v) is 18.6. The third-order valence-corrected chi connectivity index (χ3v) is 6.32. The van der Waals surface area contributed by atoms with Gasteiger partial charge in [-0.2, -0.15) is 0 Å². The Balaban J connectivity index is 0.000000235. The Hall–Kier alpha value is -3.92. The van der Waals surface area contributed by atoms with Gasteiger partial charge in [0.2, 0.25) is 0 Å². The third kappa shape index (κ3) is 5.47. The molecule has 0 saturated heterocycles. The maximum absolute atomic E-state index is 12.6. The van der Waals surface area contributed by atoms with Gasteiger partial charge in [-0.05, 0) is 43.4 Å². The highest BCUT2D eigenvalue weighted by Gasteiger charge is 2.25. The van der Waals surface area contributed by atoms with Gasteiger partial charge in [0, 0.05) is 41.4 Å². The molecule has 3 aromatic rings. The van der Waals surface area contributed by atoms with E-state index in [4.69, 9.17) is 15.3 Å². The van der Waals surface area contributed by atoms with Crippen LogP contribution in [0.15, 0.2) is 30.3 Å². The van der Waals surface area contributed by atoms with Crippen molar-refractivity contribution in [1.82, 2.24) is 0 Å². The molecule has 0 aliphatic heterocycles. The monoisotopic (exact) mass is 472 g/mol. The fourth-order valence-electron chi connectivity index (χ4n) is 3.54. The molecule has 174 valence electrons. The highest BCUT2D eigenvalue weighted by atomic mass is 32.1. The van der Waals surface area contributed by atoms with Crippen molar-refractivity contribution < 1.29 is 35.1 Å². The number of carbonyl (C=O) groups excluding carboxylic acids is 2. The van der Waals surface area contributed by atoms with Gasteiger partial charge >= 0.3 is 0 Å². The van der Waals surface area contributed by atoms with E-state index in [9.17, 15) is 19.8 Å². The number of anilines is 2. The first-order chi connectivity index (χ1) is 15.7. The minimum absolute atomic E-state index is 0.0866. The summed E-state index contributed by atoms with van der Waals surface area (Å²) in [5, 5.41) is 52.2. The number of amides is 1. The molecule has 33 heavy (non-hydrogen) atoms. The van der Waals surface area contributed by atoms with Gasteiger partial charge < -0.3 is 36.2 Å². The zero-order valence-electron chi connectivity index (χ0n) is 17.8. The Morgan fingerprint density at radius 2 is 1.55 bits per heavy atom. The number of fused-ring (bicyclic) bond motifs is 1. The maximum atomic E-state index is 12.6. The van der Waals surface area contributed by atoms with Crippen LogP contribution in [0.25, 0.3) is 0 Å². The fraction of sp³-hybridized carbons (Fsp3) is 0.217. The average molecular weight is 473 g/mol. The van der Waals surface area contributed by atoms with Crippen LogP contribution in [0, 0.1) is 0 Å². The Morgan fingerprint density at radius 3 is 2.12 bits per heavy atom. The summed E-state index contributed by atoms with van der Waals surface area (Å²) in [5.41, 5.74) is 2.30. The van der Waals surface area contributed by atoms with E-state index in [1.54, 1.807) is 11.3 Å². The lowest BCUT2D eigenvalue weighted by Crippen LogP contribution is -2.15. The zero-order chi connectivity index (χ0) is 24.1. The van der Waals surface area contributed by atoms with Gasteiger partial charge in [-0.3, -0.25) is 9.59 Å². The van der Waals surface area contributed by atoms with Gasteiger partial charge in [-0.25, -0.2) is 0 Å². The molecule has 1 amide bonds. The number of nitrogens with one attached hydrogen (secondary N) is 2. The minimum Gasteiger partial charge on any atom is -0.508 e. The number of carbonyl (C=O) groups is 2. The fourth-order valence-corrected chi connectivity index (χ4v) is 4.78. The summed E-state index contributed by atoms with van der Waals surface area (Å²) >= 11 is 1.64. The first kappa shape index (κ1) is 23.7. The van der Waals surface area contributed by atoms with Crippen LogP contribution in [0.3, 0.4) is 0 Å². The number of aryl methyl sites for hydroxylation is 1. The van der Waals surface area contributed by atoms with Gasteiger partial charge in [0.15, 0.2) is 17.2 Å². The van der Waals surface area contributed by atoms with E-state index in [1.807, 2.05) is 7.05 Å². The van der Waals surface area contributed by atoms with Gasteiger partial charge in [0.1, 0.15) is 22.8 Å². The average Bonchev–Trinajstić information content (AvgIpc) is 3.15. The van der Waals surface area contributed by atoms with Crippen LogP contribution in [0.2, 0.25) is 0 Å². The van der Waals surface area contributed by atoms with E-state index in [1.165, 1.54) is 23.1 Å². The summed E-state index contributed by atoms with van der Waals surface area (Å²) in [7, 11) is 1.81. The second-order valence-electron chi connectivity index (χ2n) is 7.38. The quantitative estimate of drug-likeness (QED) is 0.222. The summed E-state index contributed by atoms with van der Waals surface area (Å²) in [6.07, 6.45) is 4.66. The molecule has 0 fully saturated rings. The van der Waals surface area contributed by atoms with Gasteiger partial charge in [0.05, 0.1) is 5.56 Å². The number of aldehydes is 1. The van der Waals surface area contributed by atoms with Crippen molar-refractivity contribution in [3.05, 3.63) is 51.9 Å². The van der Waals surface area contributed by atoms with Gasteiger partial charge in [0.25, 0.3) is 5.91 Å². The molecule has 0 unspecified atom stereocenters. The molecule has 9 nitrogen and oxygen atoms in total. The first-order valence-corrected chi connectivity index (χ1v) is 10.9. The van der Waals surface area contributed by atoms with Crippen LogP contribution in [0.4, 0.5) is 10.7 Å². The van der Waals surface area contributed by atoms with Crippen molar-refractivity contribution in [2.45, 2.75) is 25.7 Å². The normalized spacial score (nSPS) is 12.2. The number of aromatic hydroxyl groups is 5. The van der Waals surface area contributed by atoms with Crippen LogP contribution in [0.1, 0.15) is 44.0 Å². The van der Waals surface area contributed by atoms with Crippen molar-refractivity contribution in [1.29, 1.82) is 0 Å². The van der Waals surface area contributed by atoms with E-state index < -0.39 is 17.2 Å². The lowest BCUT2D eigenvalue weighted by molar-refractivity contribution is 0.102. The molecular weight excluding hydrogens is 448 g/mol. The maximum Gasteiger partial charge on any atom is 0.258 e. The number of hydrogen-bond donors (Lipinski definition) is 7. The third-order valence-electron chi connectivity index (χ3n) is 5.01. The summed E-state index contributed by atoms with van der Waals surface area (Å²) in [6.45, 7) is 0. The molecular formula is C23H24N2O7S. The van der Waals surface area contributed by atoms with E-state index >= 15 is 0 Å². The van der Waals surface area contributed by atoms with Crippen molar-refractivity contribution in [2.24, 2.45) is 0 Å². The molecule has 1 aromatic heterocycles. The Kier molecular flexibility index (Phi) is 7.29. The highest BCUT2D eigenvalue weighted by Crippen LogP contribution is 2.38. The van der Waals surface area contributed by atoms with E-state index in [2.05, 4.69) is 10.6 Å². The lowest BCUT2D eigenvalue weighted by atomic mass is 9.95. The topological polar surface area (TPSA) is 159 Å². The molecule has 1 heterocycles. The predicted molar refractivity (Wildman–Crippen MR) is 125 cm³/mol. The molecule has 10 heteroatoms. The largest absolute Gasteiger partial charge is 0.508 e. The van der Waals surface area contributed by atoms with Crippen LogP contribution in [-0.2, 0) is 12.8 Å². The van der Waals surface area contributed by atoms with Crippen LogP contribution in [0.5, 0.6) is 28.7 Å². The van der Waals surface area contributed by atoms with Crippen LogP contribution in [-0.4, -0.2) is 44.8 Å². The molecule has 7 N–H and O–H groups in total. The molecule has 0 spiro atoms. The number of phenolic OH excluding ortho intramolecular Hbond substituents is 5. The molecule has 0 radical (unpaired) electrons. The van der Waals surface area contributed by atoms with Crippen LogP contribution < -0.4 is 10.6 Å². The summed E-state index contributed by atoms with van der Waals surface area (Å²) in [5.74, 6) is -2.02. The number of benzene rings is 2. The molecule has 4 rings (SSSR count). The van der Waals surface area contributed by atoms with Crippen molar-refractivity contribution in [3.8, 4) is 28.7 Å². The van der Waals surface area contributed by atoms with Gasteiger partial charge in [-0.1, -0.05) is 0 Å². The molecule has 1 aliphatic carbocycles. The summed E-state index contributed by atoms with van der Waals surface area (Å²) in [6, 6.07) is 6.16. The number of hydrogen-bond acceptors (Lipinski definition) is 9. The number of phenols is 5. The van der Waals surface area contributed by atoms with Crippen molar-refractivity contribution in [3.63, 3.8) is 0 Å². The number of thiophene rings is 1. The minimum atomic E-state index is -0.615. The Bertz CT molecular complexity index is 1150. The Morgan fingerprint density at radius 1 is 0.939 bits per heavy atom. The summed E-state index contributed by atoms with van der Waals surface area (Å²) in [4.78, 5) is 24.0. The van der Waals surface area contributed by atoms with Crippen molar-refractivity contribution in [2.75, 3.05) is 17.7 Å². The molecule has 1 aliphatic rings. The molecule has 0 atom stereocenters. The van der Waals surface area contributed by atoms with Gasteiger partial charge in [-0.15, -0.1) is 11.3 Å². The van der Waals surface area contributed by atoms with Crippen LogP contribution >= 0.6 is 11.3 Å². The van der Waals surface area contributed by atoms with Crippen molar-refractivity contribution >= 4 is 34.2 Å². The molecule has 2 aromatic carbocycles. The summed E-state index contributed by atoms with van der Waals surface area (Å²) < 4.78 is 0. The second kappa shape index (κ2) is 10.1. The smallest absolute Gasteiger partial charge is 0.258 e. The standard InChI is InChI=1S/C16H18N2O3S.C7H6O4/c1-17-16-14(12-4-2-3-5-13(12)22-16)15(21)18-9-6-10(19)8-11(20)7-9;8-3-4-1-5(9)7(11)6(10)2-4/h6-8,17,19-20H,2-5H2,1H3,(H,18,21);1-3,9-11H. The number of rotatable bonds is 4. The lowest BCUT2D eigenvalue weighted by Gasteiger charge is -2.13.